The van der Waals surface area contributed by atoms with Crippen molar-refractivity contribution in [2.24, 2.45) is 10.9 Å². The molecule has 1 saturated carbocycles. The molecule has 1 atom stereocenters. The van der Waals surface area contributed by atoms with Crippen LogP contribution in [-0.4, -0.2) is 51.8 Å². The molecule has 30 heavy (non-hydrogen) atoms. The van der Waals surface area contributed by atoms with Crippen LogP contribution in [0.4, 0.5) is 0 Å². The first-order chi connectivity index (χ1) is 14.6. The number of aliphatic imine (C=N–C) groups is 1. The zero-order chi connectivity index (χ0) is 20.7. The number of benzene rings is 2. The summed E-state index contributed by atoms with van der Waals surface area (Å²) in [5, 5.41) is 12.2. The highest BCUT2D eigenvalue weighted by Gasteiger charge is 2.24. The predicted octanol–water partition coefficient (Wildman–Crippen LogP) is 3.12. The average Bonchev–Trinajstić information content (AvgIpc) is 3.31. The topological polar surface area (TPSA) is 75.4 Å². The summed E-state index contributed by atoms with van der Waals surface area (Å²) in [6.45, 7) is 2.00. The summed E-state index contributed by atoms with van der Waals surface area (Å²) in [7, 11) is 1.91. The van der Waals surface area contributed by atoms with Gasteiger partial charge in [-0.05, 0) is 36.0 Å². The predicted molar refractivity (Wildman–Crippen MR) is 117 cm³/mol. The van der Waals surface area contributed by atoms with Gasteiger partial charge >= 0.3 is 0 Å². The van der Waals surface area contributed by atoms with Crippen LogP contribution >= 0.6 is 11.6 Å². The van der Waals surface area contributed by atoms with Gasteiger partial charge in [0.1, 0.15) is 11.6 Å². The van der Waals surface area contributed by atoms with Crippen LogP contribution in [0, 0.1) is 5.92 Å². The lowest BCUT2D eigenvalue weighted by Gasteiger charge is -2.11. The van der Waals surface area contributed by atoms with Crippen molar-refractivity contribution in [2.45, 2.75) is 32.0 Å². The van der Waals surface area contributed by atoms with Gasteiger partial charge in [-0.25, -0.2) is 4.68 Å². The second kappa shape index (κ2) is 7.72. The minimum absolute atomic E-state index is 0.0533. The van der Waals surface area contributed by atoms with Crippen molar-refractivity contribution in [1.29, 1.82) is 0 Å². The number of aromatic nitrogens is 3. The van der Waals surface area contributed by atoms with Crippen molar-refractivity contribution in [1.82, 2.24) is 25.2 Å². The molecule has 1 unspecified atom stereocenters. The minimum atomic E-state index is -0.326. The molecule has 0 saturated heterocycles. The van der Waals surface area contributed by atoms with Crippen molar-refractivity contribution < 1.29 is 4.79 Å². The van der Waals surface area contributed by atoms with Crippen LogP contribution in [0.1, 0.15) is 18.4 Å². The first-order valence-electron chi connectivity index (χ1n) is 10.2. The Labute approximate surface area is 179 Å². The molecule has 1 fully saturated rings. The molecule has 2 aromatic carbocycles. The van der Waals surface area contributed by atoms with Gasteiger partial charge in [0.15, 0.2) is 0 Å². The lowest BCUT2D eigenvalue weighted by atomic mass is 10.0. The smallest absolute Gasteiger partial charge is 0.246 e. The fourth-order valence-electron chi connectivity index (χ4n) is 3.73. The van der Waals surface area contributed by atoms with E-state index in [1.54, 1.807) is 6.34 Å². The molecule has 1 aliphatic carbocycles. The summed E-state index contributed by atoms with van der Waals surface area (Å²) in [5.74, 6) is 0.672. The lowest BCUT2D eigenvalue weighted by Crippen LogP contribution is -2.36. The molecule has 1 amide bonds. The number of hydrogen-bond donors (Lipinski definition) is 1. The van der Waals surface area contributed by atoms with Crippen molar-refractivity contribution in [2.75, 3.05) is 13.6 Å². The normalized spacial score (nSPS) is 18.3. The fourth-order valence-corrected chi connectivity index (χ4v) is 4.04. The highest BCUT2D eigenvalue weighted by Crippen LogP contribution is 2.35. The van der Waals surface area contributed by atoms with Crippen molar-refractivity contribution >= 4 is 34.9 Å². The molecule has 7 nitrogen and oxygen atoms in total. The fraction of sp³-hybridized carbons (Fsp3) is 0.364. The summed E-state index contributed by atoms with van der Waals surface area (Å²) >= 11 is 6.68. The van der Waals surface area contributed by atoms with Crippen LogP contribution in [0.5, 0.6) is 0 Å². The molecule has 1 N–H and O–H groups in total. The van der Waals surface area contributed by atoms with Gasteiger partial charge in [0.2, 0.25) is 5.91 Å². The molecule has 1 aromatic heterocycles. The Morgan fingerprint density at radius 2 is 2.00 bits per heavy atom. The molecule has 5 rings (SSSR count). The number of likely N-dealkylation sites (N-methyl/N-ethyl adjacent to an activating group) is 1. The molecule has 0 bridgehead atoms. The van der Waals surface area contributed by atoms with E-state index >= 15 is 0 Å². The minimum Gasteiger partial charge on any atom is -0.363 e. The zero-order valence-corrected chi connectivity index (χ0v) is 17.5. The molecule has 154 valence electrons. The van der Waals surface area contributed by atoms with E-state index in [0.29, 0.717) is 18.1 Å². The van der Waals surface area contributed by atoms with Crippen LogP contribution in [0.2, 0.25) is 5.02 Å². The second-order valence-corrected chi connectivity index (χ2v) is 8.52. The van der Waals surface area contributed by atoms with Gasteiger partial charge in [-0.15, -0.1) is 5.10 Å². The Hall–Kier alpha value is -2.93. The van der Waals surface area contributed by atoms with E-state index in [1.165, 1.54) is 12.8 Å². The third kappa shape index (κ3) is 3.77. The number of carbonyl (C=O) groups excluding carboxylic acids is 1. The van der Waals surface area contributed by atoms with E-state index in [2.05, 4.69) is 20.6 Å². The summed E-state index contributed by atoms with van der Waals surface area (Å²) in [5.41, 5.74) is 4.69. The van der Waals surface area contributed by atoms with Gasteiger partial charge in [-0.3, -0.25) is 9.79 Å². The van der Waals surface area contributed by atoms with Gasteiger partial charge in [-0.1, -0.05) is 47.1 Å². The Kier molecular flexibility index (Phi) is 4.90. The van der Waals surface area contributed by atoms with Gasteiger partial charge < -0.3 is 10.2 Å². The van der Waals surface area contributed by atoms with E-state index < -0.39 is 0 Å². The number of halogens is 1. The van der Waals surface area contributed by atoms with E-state index in [0.717, 1.165) is 40.2 Å². The third-order valence-corrected chi connectivity index (χ3v) is 6.08. The highest BCUT2D eigenvalue weighted by molar-refractivity contribution is 6.37. The molecule has 1 aliphatic heterocycles. The molecule has 3 aromatic rings. The summed E-state index contributed by atoms with van der Waals surface area (Å²) < 4.78 is 1.96. The van der Waals surface area contributed by atoms with Gasteiger partial charge in [0.25, 0.3) is 0 Å². The molecular formula is C22H23ClN6O. The number of nitrogens with one attached hydrogen (secondary N) is 1. The number of rotatable bonds is 6. The molecule has 0 radical (unpaired) electrons. The van der Waals surface area contributed by atoms with E-state index in [1.807, 2.05) is 53.0 Å². The summed E-state index contributed by atoms with van der Waals surface area (Å²) in [6.07, 6.45) is 4.24. The van der Waals surface area contributed by atoms with E-state index in [-0.39, 0.29) is 11.9 Å². The van der Waals surface area contributed by atoms with Crippen molar-refractivity contribution in [3.63, 3.8) is 0 Å². The monoisotopic (exact) mass is 422 g/mol. The molecule has 8 heteroatoms. The zero-order valence-electron chi connectivity index (χ0n) is 16.8. The van der Waals surface area contributed by atoms with Crippen molar-refractivity contribution in [3.8, 4) is 11.1 Å². The van der Waals surface area contributed by atoms with Crippen LogP contribution in [0.25, 0.3) is 22.2 Å². The molecule has 2 heterocycles. The Bertz CT molecular complexity index is 1120. The second-order valence-electron chi connectivity index (χ2n) is 8.14. The maximum Gasteiger partial charge on any atom is 0.246 e. The maximum atomic E-state index is 12.2. The highest BCUT2D eigenvalue weighted by atomic mass is 35.5. The lowest BCUT2D eigenvalue weighted by molar-refractivity contribution is -0.122. The summed E-state index contributed by atoms with van der Waals surface area (Å²) in [6, 6.07) is 11.8. The molecular weight excluding hydrogens is 400 g/mol. The largest absolute Gasteiger partial charge is 0.363 e. The Morgan fingerprint density at radius 1 is 1.20 bits per heavy atom. The van der Waals surface area contributed by atoms with Gasteiger partial charge in [0.05, 0.1) is 16.9 Å². The van der Waals surface area contributed by atoms with Crippen LogP contribution in [0.15, 0.2) is 41.4 Å². The first-order valence-corrected chi connectivity index (χ1v) is 10.6. The number of nitrogens with zero attached hydrogens (tertiary/aromatic N) is 5. The maximum absolute atomic E-state index is 12.2. The number of fused-ring (bicyclic) bond motifs is 1. The Morgan fingerprint density at radius 3 is 2.70 bits per heavy atom. The van der Waals surface area contributed by atoms with Crippen LogP contribution < -0.4 is 5.32 Å². The van der Waals surface area contributed by atoms with Crippen LogP contribution in [0.3, 0.4) is 0 Å². The van der Waals surface area contributed by atoms with Crippen molar-refractivity contribution in [3.05, 3.63) is 47.0 Å². The van der Waals surface area contributed by atoms with E-state index in [9.17, 15) is 4.79 Å². The number of amides is 1. The first kappa shape index (κ1) is 19.1. The van der Waals surface area contributed by atoms with Gasteiger partial charge in [0, 0.05) is 32.2 Å². The SMILES string of the molecule is CN1C=NC(C(=O)NCc2ccc(-c3ccc4c(nnn4CC4CC4)c3Cl)cc2)C1. The standard InChI is InChI=1S/C22H23ClN6O/c1-28-12-18(25-13-28)22(30)24-10-14-4-6-16(7-5-14)17-8-9-19-21(20(17)23)26-27-29(19)11-15-2-3-15/h4-9,13,15,18H,2-3,10-12H2,1H3,(H,24,30). The van der Waals surface area contributed by atoms with Gasteiger partial charge in [-0.2, -0.15) is 0 Å². The van der Waals surface area contributed by atoms with Crippen LogP contribution in [-0.2, 0) is 17.9 Å². The average molecular weight is 423 g/mol. The van der Waals surface area contributed by atoms with E-state index in [4.69, 9.17) is 11.6 Å². The molecule has 0 spiro atoms. The quantitative estimate of drug-likeness (QED) is 0.662. The Balaban J connectivity index is 1.29. The summed E-state index contributed by atoms with van der Waals surface area (Å²) in [4.78, 5) is 18.3. The number of hydrogen-bond acceptors (Lipinski definition) is 5. The molecule has 2 aliphatic rings. The third-order valence-electron chi connectivity index (χ3n) is 5.69. The number of carbonyl (C=O) groups is 1.